The van der Waals surface area contributed by atoms with E-state index in [1.807, 2.05) is 48.2 Å². The lowest BCUT2D eigenvalue weighted by Crippen LogP contribution is -2.47. The minimum atomic E-state index is -0.328. The van der Waals surface area contributed by atoms with Crippen molar-refractivity contribution in [1.29, 1.82) is 0 Å². The van der Waals surface area contributed by atoms with Gasteiger partial charge in [0.1, 0.15) is 11.6 Å². The number of amides is 1. The third-order valence-corrected chi connectivity index (χ3v) is 5.90. The standard InChI is InChI=1S/C24H26FN5O2/c1-15(17-9-10-19(20(25)12-17)16-6-3-2-4-7-16)21-13-22(29-32-21)28-24(27)30-11-5-8-18(14-30)23(26)31/h2-4,6-7,9-10,12-13,15,18H,5,8,11,14H2,1H3,(H2,26,31)(H2,27,28,29). The Kier molecular flexibility index (Phi) is 6.20. The van der Waals surface area contributed by atoms with E-state index < -0.39 is 0 Å². The fourth-order valence-corrected chi connectivity index (χ4v) is 3.96. The van der Waals surface area contributed by atoms with E-state index in [1.165, 1.54) is 6.07 Å². The number of nitrogens with zero attached hydrogens (tertiary/aromatic N) is 3. The molecule has 2 atom stereocenters. The zero-order chi connectivity index (χ0) is 22.7. The summed E-state index contributed by atoms with van der Waals surface area (Å²) in [5, 5.41) is 3.98. The van der Waals surface area contributed by atoms with Crippen LogP contribution in [-0.2, 0) is 4.79 Å². The summed E-state index contributed by atoms with van der Waals surface area (Å²) in [5.41, 5.74) is 13.7. The van der Waals surface area contributed by atoms with Gasteiger partial charge in [0.15, 0.2) is 11.8 Å². The number of hydrogen-bond acceptors (Lipinski definition) is 4. The lowest BCUT2D eigenvalue weighted by molar-refractivity contribution is -0.122. The zero-order valence-electron chi connectivity index (χ0n) is 17.9. The van der Waals surface area contributed by atoms with E-state index in [0.717, 1.165) is 24.0 Å². The Morgan fingerprint density at radius 2 is 2.00 bits per heavy atom. The van der Waals surface area contributed by atoms with E-state index in [0.29, 0.717) is 30.2 Å². The van der Waals surface area contributed by atoms with Gasteiger partial charge in [0, 0.05) is 30.6 Å². The van der Waals surface area contributed by atoms with E-state index in [-0.39, 0.29) is 29.5 Å². The number of likely N-dealkylation sites (tertiary alicyclic amines) is 1. The summed E-state index contributed by atoms with van der Waals surface area (Å²) in [6.07, 6.45) is 1.57. The highest BCUT2D eigenvalue weighted by Gasteiger charge is 2.25. The summed E-state index contributed by atoms with van der Waals surface area (Å²) in [7, 11) is 0. The van der Waals surface area contributed by atoms with E-state index in [1.54, 1.807) is 12.1 Å². The van der Waals surface area contributed by atoms with Crippen LogP contribution in [0.15, 0.2) is 64.1 Å². The van der Waals surface area contributed by atoms with Crippen molar-refractivity contribution in [3.63, 3.8) is 0 Å². The van der Waals surface area contributed by atoms with Crippen LogP contribution in [-0.4, -0.2) is 35.0 Å². The molecule has 0 bridgehead atoms. The van der Waals surface area contributed by atoms with Crippen LogP contribution in [0, 0.1) is 11.7 Å². The van der Waals surface area contributed by atoms with E-state index in [4.69, 9.17) is 16.0 Å². The number of carbonyl (C=O) groups is 1. The van der Waals surface area contributed by atoms with Gasteiger partial charge in [0.2, 0.25) is 5.91 Å². The smallest absolute Gasteiger partial charge is 0.222 e. The number of aliphatic imine (C=N–C) groups is 1. The maximum Gasteiger partial charge on any atom is 0.222 e. The Bertz CT molecular complexity index is 1130. The molecule has 4 rings (SSSR count). The first-order valence-electron chi connectivity index (χ1n) is 10.6. The second-order valence-corrected chi connectivity index (χ2v) is 8.07. The Hall–Kier alpha value is -3.68. The van der Waals surface area contributed by atoms with Crippen molar-refractivity contribution in [1.82, 2.24) is 10.1 Å². The minimum absolute atomic E-state index is 0.221. The average Bonchev–Trinajstić information content (AvgIpc) is 3.27. The fourth-order valence-electron chi connectivity index (χ4n) is 3.96. The molecule has 3 aromatic rings. The van der Waals surface area contributed by atoms with Crippen LogP contribution in [0.2, 0.25) is 0 Å². The molecule has 8 heteroatoms. The highest BCUT2D eigenvalue weighted by molar-refractivity contribution is 5.82. The molecule has 7 nitrogen and oxygen atoms in total. The monoisotopic (exact) mass is 435 g/mol. The molecular weight excluding hydrogens is 409 g/mol. The number of nitrogens with two attached hydrogens (primary N) is 2. The van der Waals surface area contributed by atoms with Gasteiger partial charge in [0.25, 0.3) is 0 Å². The molecule has 1 saturated heterocycles. The van der Waals surface area contributed by atoms with Crippen molar-refractivity contribution >= 4 is 17.7 Å². The van der Waals surface area contributed by atoms with Crippen LogP contribution in [0.5, 0.6) is 0 Å². The number of benzene rings is 2. The van der Waals surface area contributed by atoms with E-state index in [2.05, 4.69) is 10.1 Å². The summed E-state index contributed by atoms with van der Waals surface area (Å²) >= 11 is 0. The molecule has 2 unspecified atom stereocenters. The molecule has 32 heavy (non-hydrogen) atoms. The van der Waals surface area contributed by atoms with Gasteiger partial charge in [-0.2, -0.15) is 4.99 Å². The summed E-state index contributed by atoms with van der Waals surface area (Å²) < 4.78 is 20.2. The van der Waals surface area contributed by atoms with Gasteiger partial charge >= 0.3 is 0 Å². The van der Waals surface area contributed by atoms with Crippen LogP contribution < -0.4 is 11.5 Å². The van der Waals surface area contributed by atoms with Gasteiger partial charge < -0.3 is 20.9 Å². The maximum absolute atomic E-state index is 14.8. The molecular formula is C24H26FN5O2. The molecule has 0 spiro atoms. The molecule has 4 N–H and O–H groups in total. The fraction of sp³-hybridized carbons (Fsp3) is 0.292. The van der Waals surface area contributed by atoms with Gasteiger partial charge in [-0.25, -0.2) is 4.39 Å². The van der Waals surface area contributed by atoms with Crippen molar-refractivity contribution < 1.29 is 13.7 Å². The van der Waals surface area contributed by atoms with Gasteiger partial charge in [-0.05, 0) is 30.0 Å². The normalized spacial score (nSPS) is 17.9. The highest BCUT2D eigenvalue weighted by Crippen LogP contribution is 2.31. The Labute approximate surface area is 185 Å². The van der Waals surface area contributed by atoms with Crippen LogP contribution in [0.1, 0.15) is 37.0 Å². The van der Waals surface area contributed by atoms with Crippen molar-refractivity contribution in [2.75, 3.05) is 13.1 Å². The van der Waals surface area contributed by atoms with Crippen LogP contribution >= 0.6 is 0 Å². The number of primary amides is 1. The molecule has 0 radical (unpaired) electrons. The predicted octanol–water partition coefficient (Wildman–Crippen LogP) is 3.78. The molecule has 2 aromatic carbocycles. The number of piperidine rings is 1. The SMILES string of the molecule is CC(c1ccc(-c2ccccc2)c(F)c1)c1cc(N=C(N)N2CCCC(C(N)=O)C2)no1. The molecule has 1 aliphatic rings. The molecule has 0 saturated carbocycles. The van der Waals surface area contributed by atoms with Crippen molar-refractivity contribution in [3.8, 4) is 11.1 Å². The topological polar surface area (TPSA) is 111 Å². The second kappa shape index (κ2) is 9.21. The van der Waals surface area contributed by atoms with Crippen LogP contribution in [0.4, 0.5) is 10.2 Å². The van der Waals surface area contributed by atoms with Gasteiger partial charge in [-0.15, -0.1) is 0 Å². The summed E-state index contributed by atoms with van der Waals surface area (Å²) in [4.78, 5) is 17.6. The Balaban J connectivity index is 1.49. The van der Waals surface area contributed by atoms with Crippen molar-refractivity contribution in [3.05, 3.63) is 71.7 Å². The highest BCUT2D eigenvalue weighted by atomic mass is 19.1. The summed E-state index contributed by atoms with van der Waals surface area (Å²) in [6.45, 7) is 3.06. The van der Waals surface area contributed by atoms with E-state index >= 15 is 0 Å². The second-order valence-electron chi connectivity index (χ2n) is 8.07. The first kappa shape index (κ1) is 21.5. The Morgan fingerprint density at radius 1 is 1.22 bits per heavy atom. The largest absolute Gasteiger partial charge is 0.369 e. The summed E-state index contributed by atoms with van der Waals surface area (Å²) in [5.74, 6) is 0.0632. The molecule has 2 heterocycles. The summed E-state index contributed by atoms with van der Waals surface area (Å²) in [6, 6.07) is 16.3. The van der Waals surface area contributed by atoms with Crippen LogP contribution in [0.25, 0.3) is 11.1 Å². The van der Waals surface area contributed by atoms with Gasteiger partial charge in [0.05, 0.1) is 5.92 Å². The van der Waals surface area contributed by atoms with Gasteiger partial charge in [-0.1, -0.05) is 54.5 Å². The average molecular weight is 436 g/mol. The minimum Gasteiger partial charge on any atom is -0.369 e. The van der Waals surface area contributed by atoms with Crippen LogP contribution in [0.3, 0.4) is 0 Å². The molecule has 1 fully saturated rings. The zero-order valence-corrected chi connectivity index (χ0v) is 17.9. The first-order valence-corrected chi connectivity index (χ1v) is 10.6. The van der Waals surface area contributed by atoms with E-state index in [9.17, 15) is 9.18 Å². The number of carbonyl (C=O) groups excluding carboxylic acids is 1. The van der Waals surface area contributed by atoms with Crippen molar-refractivity contribution in [2.45, 2.75) is 25.7 Å². The molecule has 1 aromatic heterocycles. The lowest BCUT2D eigenvalue weighted by atomic mass is 9.95. The predicted molar refractivity (Wildman–Crippen MR) is 121 cm³/mol. The molecule has 1 aliphatic heterocycles. The maximum atomic E-state index is 14.8. The molecule has 1 amide bonds. The molecule has 166 valence electrons. The number of halogens is 1. The first-order chi connectivity index (χ1) is 15.4. The number of rotatable bonds is 5. The number of guanidine groups is 1. The number of hydrogen-bond donors (Lipinski definition) is 2. The quantitative estimate of drug-likeness (QED) is 0.468. The van der Waals surface area contributed by atoms with Crippen molar-refractivity contribution in [2.24, 2.45) is 22.4 Å². The third kappa shape index (κ3) is 4.64. The third-order valence-electron chi connectivity index (χ3n) is 5.90. The molecule has 0 aliphatic carbocycles. The van der Waals surface area contributed by atoms with Gasteiger partial charge in [-0.3, -0.25) is 4.79 Å². The number of aromatic nitrogens is 1. The lowest BCUT2D eigenvalue weighted by Gasteiger charge is -2.31. The Morgan fingerprint density at radius 3 is 2.72 bits per heavy atom.